The van der Waals surface area contributed by atoms with Gasteiger partial charge < -0.3 is 9.47 Å². The molecule has 0 unspecified atom stereocenters. The molecule has 0 N–H and O–H groups in total. The zero-order valence-corrected chi connectivity index (χ0v) is 12.0. The molecule has 98 valence electrons. The van der Waals surface area contributed by atoms with Gasteiger partial charge in [-0.25, -0.2) is 0 Å². The fourth-order valence-electron chi connectivity index (χ4n) is 1.43. The fraction of sp³-hybridized carbons (Fsp3) is 0.385. The Morgan fingerprint density at radius 2 is 2.00 bits per heavy atom. The minimum Gasteiger partial charge on any atom is -0.497 e. The molecule has 0 bridgehead atoms. The maximum atomic E-state index is 11.9. The number of rotatable bonds is 6. The van der Waals surface area contributed by atoms with Gasteiger partial charge in [0.15, 0.2) is 5.78 Å². The van der Waals surface area contributed by atoms with Crippen molar-refractivity contribution in [1.29, 1.82) is 0 Å². The Balaban J connectivity index is 2.69. The average Bonchev–Trinajstić information content (AvgIpc) is 2.37. The Morgan fingerprint density at radius 3 is 2.61 bits per heavy atom. The Hall–Kier alpha value is -1.36. The number of halogens is 1. The Labute approximate surface area is 114 Å². The number of esters is 1. The van der Waals surface area contributed by atoms with Crippen LogP contribution in [-0.2, 0) is 9.53 Å². The summed E-state index contributed by atoms with van der Waals surface area (Å²) in [5.74, 6) is 0.136. The van der Waals surface area contributed by atoms with Crippen LogP contribution in [0.2, 0.25) is 0 Å². The number of ketones is 1. The van der Waals surface area contributed by atoms with Crippen LogP contribution in [0.15, 0.2) is 22.7 Å². The number of Topliss-reactive ketones (excluding diaryl/α,β-unsaturated/α-hetero) is 1. The van der Waals surface area contributed by atoms with Gasteiger partial charge in [0, 0.05) is 16.5 Å². The van der Waals surface area contributed by atoms with Gasteiger partial charge in [-0.2, -0.15) is 0 Å². The average molecular weight is 315 g/mol. The first-order valence-electron chi connectivity index (χ1n) is 5.60. The van der Waals surface area contributed by atoms with Gasteiger partial charge in [-0.05, 0) is 25.1 Å². The van der Waals surface area contributed by atoms with Crippen LogP contribution in [0.1, 0.15) is 30.1 Å². The van der Waals surface area contributed by atoms with Crippen molar-refractivity contribution in [3.63, 3.8) is 0 Å². The van der Waals surface area contributed by atoms with Gasteiger partial charge in [-0.15, -0.1) is 0 Å². The van der Waals surface area contributed by atoms with Gasteiger partial charge in [0.25, 0.3) is 0 Å². The van der Waals surface area contributed by atoms with Gasteiger partial charge >= 0.3 is 5.97 Å². The third kappa shape index (κ3) is 4.14. The van der Waals surface area contributed by atoms with Crippen LogP contribution >= 0.6 is 15.9 Å². The molecular formula is C13H15BrO4. The van der Waals surface area contributed by atoms with Crippen molar-refractivity contribution in [3.05, 3.63) is 28.2 Å². The van der Waals surface area contributed by atoms with Crippen molar-refractivity contribution in [2.75, 3.05) is 13.7 Å². The fourth-order valence-corrected chi connectivity index (χ4v) is 1.90. The van der Waals surface area contributed by atoms with E-state index in [4.69, 9.17) is 9.47 Å². The molecule has 0 atom stereocenters. The van der Waals surface area contributed by atoms with Crippen molar-refractivity contribution < 1.29 is 19.1 Å². The van der Waals surface area contributed by atoms with Crippen LogP contribution in [0.25, 0.3) is 0 Å². The van der Waals surface area contributed by atoms with Gasteiger partial charge in [0.1, 0.15) is 5.75 Å². The summed E-state index contributed by atoms with van der Waals surface area (Å²) in [5.41, 5.74) is 0.513. The van der Waals surface area contributed by atoms with E-state index in [-0.39, 0.29) is 24.6 Å². The molecule has 0 aromatic heterocycles. The molecule has 0 saturated carbocycles. The lowest BCUT2D eigenvalue weighted by molar-refractivity contribution is -0.143. The van der Waals surface area contributed by atoms with Crippen LogP contribution in [-0.4, -0.2) is 25.5 Å². The lowest BCUT2D eigenvalue weighted by Gasteiger charge is -2.06. The third-order valence-corrected chi connectivity index (χ3v) is 3.03. The maximum absolute atomic E-state index is 11.9. The summed E-state index contributed by atoms with van der Waals surface area (Å²) in [6.45, 7) is 2.06. The summed E-state index contributed by atoms with van der Waals surface area (Å²) in [7, 11) is 1.54. The van der Waals surface area contributed by atoms with Gasteiger partial charge in [0.05, 0.1) is 20.1 Å². The highest BCUT2D eigenvalue weighted by Gasteiger charge is 2.13. The molecule has 4 nitrogen and oxygen atoms in total. The van der Waals surface area contributed by atoms with Crippen LogP contribution in [0.3, 0.4) is 0 Å². The molecule has 0 saturated heterocycles. The van der Waals surface area contributed by atoms with Gasteiger partial charge in [0.2, 0.25) is 0 Å². The predicted molar refractivity (Wildman–Crippen MR) is 70.9 cm³/mol. The second-order valence-electron chi connectivity index (χ2n) is 3.57. The summed E-state index contributed by atoms with van der Waals surface area (Å²) in [6.07, 6.45) is 0.223. The molecule has 0 radical (unpaired) electrons. The zero-order chi connectivity index (χ0) is 13.5. The monoisotopic (exact) mass is 314 g/mol. The minimum absolute atomic E-state index is 0.0936. The molecule has 0 aliphatic rings. The van der Waals surface area contributed by atoms with Crippen molar-refractivity contribution in [1.82, 2.24) is 0 Å². The number of carbonyl (C=O) groups is 2. The normalized spacial score (nSPS) is 9.94. The highest BCUT2D eigenvalue weighted by atomic mass is 79.9. The second kappa shape index (κ2) is 7.16. The highest BCUT2D eigenvalue weighted by molar-refractivity contribution is 9.10. The van der Waals surface area contributed by atoms with Crippen molar-refractivity contribution in [2.45, 2.75) is 19.8 Å². The number of hydrogen-bond acceptors (Lipinski definition) is 4. The third-order valence-electron chi connectivity index (χ3n) is 2.34. The van der Waals surface area contributed by atoms with E-state index in [1.54, 1.807) is 25.1 Å². The smallest absolute Gasteiger partial charge is 0.306 e. The number of methoxy groups -OCH3 is 1. The van der Waals surface area contributed by atoms with Gasteiger partial charge in [-0.3, -0.25) is 9.59 Å². The Kier molecular flexibility index (Phi) is 5.85. The van der Waals surface area contributed by atoms with Gasteiger partial charge in [-0.1, -0.05) is 15.9 Å². The highest BCUT2D eigenvalue weighted by Crippen LogP contribution is 2.24. The van der Waals surface area contributed by atoms with Crippen molar-refractivity contribution >= 4 is 27.7 Å². The molecule has 0 heterocycles. The second-order valence-corrected chi connectivity index (χ2v) is 4.43. The first kappa shape index (κ1) is 14.7. The number of benzene rings is 1. The molecule has 1 aromatic rings. The molecule has 5 heteroatoms. The van der Waals surface area contributed by atoms with Crippen molar-refractivity contribution in [3.8, 4) is 5.75 Å². The van der Waals surface area contributed by atoms with Crippen molar-refractivity contribution in [2.24, 2.45) is 0 Å². The predicted octanol–water partition coefficient (Wildman–Crippen LogP) is 2.98. The first-order chi connectivity index (χ1) is 8.58. The number of hydrogen-bond donors (Lipinski definition) is 0. The van der Waals surface area contributed by atoms with E-state index in [1.807, 2.05) is 0 Å². The largest absolute Gasteiger partial charge is 0.497 e. The number of ether oxygens (including phenoxy) is 2. The summed E-state index contributed by atoms with van der Waals surface area (Å²) in [4.78, 5) is 23.1. The van der Waals surface area contributed by atoms with Crippen LogP contribution in [0.4, 0.5) is 0 Å². The van der Waals surface area contributed by atoms with E-state index in [2.05, 4.69) is 15.9 Å². The molecule has 0 aliphatic heterocycles. The minimum atomic E-state index is -0.357. The van der Waals surface area contributed by atoms with E-state index in [0.29, 0.717) is 22.4 Å². The van der Waals surface area contributed by atoms with E-state index in [1.165, 1.54) is 7.11 Å². The van der Waals surface area contributed by atoms with E-state index >= 15 is 0 Å². The summed E-state index contributed by atoms with van der Waals surface area (Å²) in [6, 6.07) is 5.15. The SMILES string of the molecule is CCOC(=O)CCC(=O)c1cc(OC)ccc1Br. The number of carbonyl (C=O) groups excluding carboxylic acids is 2. The molecule has 0 aliphatic carbocycles. The topological polar surface area (TPSA) is 52.6 Å². The molecule has 1 aromatic carbocycles. The molecule has 18 heavy (non-hydrogen) atoms. The molecule has 1 rings (SSSR count). The molecule has 0 spiro atoms. The van der Waals surface area contributed by atoms with Crippen LogP contribution in [0.5, 0.6) is 5.75 Å². The lowest BCUT2D eigenvalue weighted by atomic mass is 10.1. The quantitative estimate of drug-likeness (QED) is 0.598. The Bertz CT molecular complexity index is 443. The molecule has 0 amide bonds. The lowest BCUT2D eigenvalue weighted by Crippen LogP contribution is -2.08. The standard InChI is InChI=1S/C13H15BrO4/c1-3-18-13(16)7-6-12(15)10-8-9(17-2)4-5-11(10)14/h4-5,8H,3,6-7H2,1-2H3. The first-order valence-corrected chi connectivity index (χ1v) is 6.40. The van der Waals surface area contributed by atoms with E-state index < -0.39 is 0 Å². The Morgan fingerprint density at radius 1 is 1.28 bits per heavy atom. The maximum Gasteiger partial charge on any atom is 0.306 e. The zero-order valence-electron chi connectivity index (χ0n) is 10.4. The van der Waals surface area contributed by atoms with Crippen LogP contribution < -0.4 is 4.74 Å². The summed E-state index contributed by atoms with van der Waals surface area (Å²) >= 11 is 3.31. The van der Waals surface area contributed by atoms with E-state index in [0.717, 1.165) is 0 Å². The van der Waals surface area contributed by atoms with E-state index in [9.17, 15) is 9.59 Å². The molecular weight excluding hydrogens is 300 g/mol. The summed E-state index contributed by atoms with van der Waals surface area (Å²) < 4.78 is 10.5. The molecule has 0 fully saturated rings. The summed E-state index contributed by atoms with van der Waals surface area (Å²) in [5, 5.41) is 0. The van der Waals surface area contributed by atoms with Crippen LogP contribution in [0, 0.1) is 0 Å².